The van der Waals surface area contributed by atoms with E-state index in [1.807, 2.05) is 54.3 Å². The van der Waals surface area contributed by atoms with E-state index in [1.165, 1.54) is 0 Å². The summed E-state index contributed by atoms with van der Waals surface area (Å²) in [6.45, 7) is 5.56. The van der Waals surface area contributed by atoms with Crippen molar-refractivity contribution in [3.63, 3.8) is 0 Å². The zero-order valence-corrected chi connectivity index (χ0v) is 14.1. The number of carbonyl (C=O) groups excluding carboxylic acids is 1. The molecule has 1 saturated heterocycles. The molecule has 1 fully saturated rings. The molecular weight excluding hydrogens is 300 g/mol. The van der Waals surface area contributed by atoms with Crippen molar-refractivity contribution in [2.75, 3.05) is 26.2 Å². The number of rotatable bonds is 4. The topological polar surface area (TPSA) is 57.1 Å². The normalized spacial score (nSPS) is 16.0. The summed E-state index contributed by atoms with van der Waals surface area (Å²) in [4.78, 5) is 14.7. The van der Waals surface area contributed by atoms with Crippen LogP contribution in [0.5, 0.6) is 5.75 Å². The average molecular weight is 325 g/mol. The molecule has 1 heterocycles. The van der Waals surface area contributed by atoms with Crippen LogP contribution in [0.3, 0.4) is 0 Å². The average Bonchev–Trinajstić information content (AvgIpc) is 2.63. The van der Waals surface area contributed by atoms with E-state index >= 15 is 0 Å². The van der Waals surface area contributed by atoms with Gasteiger partial charge in [0.1, 0.15) is 5.75 Å². The predicted octanol–water partition coefficient (Wildman–Crippen LogP) is 1.63. The molecule has 3 N–H and O–H groups in total. The molecule has 0 saturated carbocycles. The van der Waals surface area contributed by atoms with Crippen molar-refractivity contribution in [3.05, 3.63) is 65.2 Å². The van der Waals surface area contributed by atoms with Gasteiger partial charge in [0.2, 0.25) is 5.91 Å². The first-order valence-electron chi connectivity index (χ1n) is 8.59. The fourth-order valence-electron chi connectivity index (χ4n) is 3.35. The number of carbonyl (C=O) groups is 1. The third kappa shape index (κ3) is 3.77. The first kappa shape index (κ1) is 16.5. The highest BCUT2D eigenvalue weighted by atomic mass is 16.3. The monoisotopic (exact) mass is 325 g/mol. The molecule has 0 spiro atoms. The Labute approximate surface area is 143 Å². The number of quaternary nitrogens is 1. The molecule has 1 amide bonds. The van der Waals surface area contributed by atoms with Crippen LogP contribution >= 0.6 is 0 Å². The van der Waals surface area contributed by atoms with Crippen LogP contribution in [-0.4, -0.2) is 42.1 Å². The second kappa shape index (κ2) is 7.49. The zero-order valence-electron chi connectivity index (χ0n) is 14.1. The van der Waals surface area contributed by atoms with Crippen LogP contribution in [0.25, 0.3) is 0 Å². The molecule has 0 unspecified atom stereocenters. The first-order valence-corrected chi connectivity index (χ1v) is 8.59. The maximum absolute atomic E-state index is 12.8. The van der Waals surface area contributed by atoms with E-state index in [2.05, 4.69) is 5.32 Å². The van der Waals surface area contributed by atoms with E-state index in [0.717, 1.165) is 42.9 Å². The largest absolute Gasteiger partial charge is 0.508 e. The molecule has 0 aromatic heterocycles. The number of nitrogens with zero attached hydrogens (tertiary/aromatic N) is 1. The number of nitrogens with two attached hydrogens (primary N) is 1. The van der Waals surface area contributed by atoms with Crippen molar-refractivity contribution in [3.8, 4) is 5.75 Å². The lowest BCUT2D eigenvalue weighted by Crippen LogP contribution is -2.89. The number of aromatic hydroxyl groups is 1. The Bertz CT molecular complexity index is 694. The van der Waals surface area contributed by atoms with Crippen molar-refractivity contribution < 1.29 is 15.2 Å². The van der Waals surface area contributed by atoms with Gasteiger partial charge < -0.3 is 15.3 Å². The van der Waals surface area contributed by atoms with Gasteiger partial charge in [-0.05, 0) is 18.6 Å². The standard InChI is InChI=1S/C20H24N2O2/c1-15-7-8-19(23)18(13-15)17(16-5-3-2-4-6-16)14-20(24)22-11-9-21-10-12-22/h2-8,13,17,21,23H,9-12,14H2,1H3/p+1/t17-/m1/s1. The van der Waals surface area contributed by atoms with Crippen LogP contribution in [0.1, 0.15) is 29.0 Å². The quantitative estimate of drug-likeness (QED) is 0.898. The number of phenolic OH excluding ortho intramolecular Hbond substituents is 1. The molecule has 1 aliphatic heterocycles. The minimum absolute atomic E-state index is 0.121. The number of amides is 1. The van der Waals surface area contributed by atoms with Gasteiger partial charge in [-0.3, -0.25) is 4.79 Å². The van der Waals surface area contributed by atoms with E-state index in [0.29, 0.717) is 6.42 Å². The van der Waals surface area contributed by atoms with Gasteiger partial charge in [0.05, 0.1) is 26.2 Å². The maximum atomic E-state index is 12.8. The summed E-state index contributed by atoms with van der Waals surface area (Å²) < 4.78 is 0. The molecule has 4 nitrogen and oxygen atoms in total. The van der Waals surface area contributed by atoms with Crippen LogP contribution in [0.15, 0.2) is 48.5 Å². The number of piperazine rings is 1. The van der Waals surface area contributed by atoms with Gasteiger partial charge in [-0.1, -0.05) is 48.0 Å². The van der Waals surface area contributed by atoms with Gasteiger partial charge in [-0.2, -0.15) is 0 Å². The van der Waals surface area contributed by atoms with Crippen LogP contribution in [0.4, 0.5) is 0 Å². The predicted molar refractivity (Wildman–Crippen MR) is 94.0 cm³/mol. The Morgan fingerprint density at radius 2 is 1.88 bits per heavy atom. The molecule has 2 aromatic carbocycles. The SMILES string of the molecule is Cc1ccc(O)c([C@H](CC(=O)N2CC[NH2+]CC2)c2ccccc2)c1. The summed E-state index contributed by atoms with van der Waals surface area (Å²) in [5, 5.41) is 12.6. The summed E-state index contributed by atoms with van der Waals surface area (Å²) in [7, 11) is 0. The van der Waals surface area contributed by atoms with Crippen LogP contribution in [-0.2, 0) is 4.79 Å². The number of hydrogen-bond acceptors (Lipinski definition) is 2. The van der Waals surface area contributed by atoms with Crippen LogP contribution < -0.4 is 5.32 Å². The molecule has 126 valence electrons. The third-order valence-electron chi connectivity index (χ3n) is 4.70. The fraction of sp³-hybridized carbons (Fsp3) is 0.350. The number of aryl methyl sites for hydroxylation is 1. The Morgan fingerprint density at radius 1 is 1.17 bits per heavy atom. The molecule has 24 heavy (non-hydrogen) atoms. The van der Waals surface area contributed by atoms with Crippen molar-refractivity contribution in [2.24, 2.45) is 0 Å². The van der Waals surface area contributed by atoms with Gasteiger partial charge in [-0.15, -0.1) is 0 Å². The van der Waals surface area contributed by atoms with E-state index in [4.69, 9.17) is 0 Å². The molecule has 2 aromatic rings. The van der Waals surface area contributed by atoms with Gasteiger partial charge in [0, 0.05) is 17.9 Å². The van der Waals surface area contributed by atoms with Gasteiger partial charge in [0.25, 0.3) is 0 Å². The summed E-state index contributed by atoms with van der Waals surface area (Å²) in [6, 6.07) is 15.6. The summed E-state index contributed by atoms with van der Waals surface area (Å²) in [6.07, 6.45) is 0.390. The van der Waals surface area contributed by atoms with E-state index in [9.17, 15) is 9.90 Å². The Hall–Kier alpha value is -2.33. The van der Waals surface area contributed by atoms with E-state index in [1.54, 1.807) is 6.07 Å². The second-order valence-electron chi connectivity index (χ2n) is 6.48. The second-order valence-corrected chi connectivity index (χ2v) is 6.48. The summed E-state index contributed by atoms with van der Waals surface area (Å²) in [5.41, 5.74) is 2.98. The highest BCUT2D eigenvalue weighted by Gasteiger charge is 2.25. The fourth-order valence-corrected chi connectivity index (χ4v) is 3.35. The molecule has 1 atom stereocenters. The molecule has 1 aliphatic rings. The van der Waals surface area contributed by atoms with E-state index < -0.39 is 0 Å². The lowest BCUT2D eigenvalue weighted by atomic mass is 9.86. The third-order valence-corrected chi connectivity index (χ3v) is 4.70. The summed E-state index contributed by atoms with van der Waals surface area (Å²) >= 11 is 0. The Morgan fingerprint density at radius 3 is 2.58 bits per heavy atom. The van der Waals surface area contributed by atoms with Crippen molar-refractivity contribution in [1.29, 1.82) is 0 Å². The Kier molecular flexibility index (Phi) is 5.16. The molecule has 0 aliphatic carbocycles. The number of benzene rings is 2. The van der Waals surface area contributed by atoms with Crippen molar-refractivity contribution in [2.45, 2.75) is 19.3 Å². The van der Waals surface area contributed by atoms with Crippen LogP contribution in [0, 0.1) is 6.92 Å². The van der Waals surface area contributed by atoms with Crippen molar-refractivity contribution in [1.82, 2.24) is 4.90 Å². The molecule has 0 radical (unpaired) electrons. The van der Waals surface area contributed by atoms with Gasteiger partial charge >= 0.3 is 0 Å². The van der Waals surface area contributed by atoms with E-state index in [-0.39, 0.29) is 17.6 Å². The smallest absolute Gasteiger partial charge is 0.223 e. The lowest BCUT2D eigenvalue weighted by molar-refractivity contribution is -0.662. The molecule has 4 heteroatoms. The zero-order chi connectivity index (χ0) is 16.9. The molecule has 3 rings (SSSR count). The highest BCUT2D eigenvalue weighted by Crippen LogP contribution is 2.35. The summed E-state index contributed by atoms with van der Waals surface area (Å²) in [5.74, 6) is 0.302. The van der Waals surface area contributed by atoms with Crippen LogP contribution in [0.2, 0.25) is 0 Å². The molecular formula is C20H25N2O2+. The number of hydrogen-bond donors (Lipinski definition) is 2. The lowest BCUT2D eigenvalue weighted by Gasteiger charge is -2.28. The minimum atomic E-state index is -0.121. The van der Waals surface area contributed by atoms with Crippen molar-refractivity contribution >= 4 is 5.91 Å². The maximum Gasteiger partial charge on any atom is 0.223 e. The number of phenols is 1. The highest BCUT2D eigenvalue weighted by molar-refractivity contribution is 5.78. The first-order chi connectivity index (χ1) is 11.6. The Balaban J connectivity index is 1.90. The molecule has 0 bridgehead atoms. The van der Waals surface area contributed by atoms with Gasteiger partial charge in [-0.25, -0.2) is 0 Å². The van der Waals surface area contributed by atoms with Gasteiger partial charge in [0.15, 0.2) is 0 Å². The minimum Gasteiger partial charge on any atom is -0.508 e.